The zero-order chi connectivity index (χ0) is 27.1. The number of ether oxygens (including phenoxy) is 3. The second kappa shape index (κ2) is 12.9. The molecule has 12 heteroatoms. The Morgan fingerprint density at radius 2 is 1.95 bits per heavy atom. The van der Waals surface area contributed by atoms with Crippen LogP contribution in [-0.2, 0) is 25.3 Å². The van der Waals surface area contributed by atoms with Gasteiger partial charge in [-0.25, -0.2) is 19.0 Å². The summed E-state index contributed by atoms with van der Waals surface area (Å²) in [5.41, 5.74) is 2.38. The first kappa shape index (κ1) is 27.7. The fourth-order valence-electron chi connectivity index (χ4n) is 3.99. The number of benzene rings is 1. The van der Waals surface area contributed by atoms with Crippen molar-refractivity contribution in [1.29, 1.82) is 0 Å². The maximum atomic E-state index is 13.2. The molecule has 1 aliphatic rings. The highest BCUT2D eigenvalue weighted by Crippen LogP contribution is 2.35. The van der Waals surface area contributed by atoms with E-state index in [1.165, 1.54) is 18.4 Å². The number of thiazole rings is 1. The Balaban J connectivity index is 1.48. The lowest BCUT2D eigenvalue weighted by atomic mass is 9.96. The van der Waals surface area contributed by atoms with E-state index in [2.05, 4.69) is 20.0 Å². The molecule has 1 aliphatic heterocycles. The maximum Gasteiger partial charge on any atom is 0.338 e. The number of rotatable bonds is 10. The Morgan fingerprint density at radius 1 is 1.21 bits per heavy atom. The van der Waals surface area contributed by atoms with Crippen LogP contribution in [0.3, 0.4) is 0 Å². The van der Waals surface area contributed by atoms with E-state index in [1.807, 2.05) is 6.92 Å². The number of nitrogens with zero attached hydrogens (tertiary/aromatic N) is 2. The summed E-state index contributed by atoms with van der Waals surface area (Å²) in [6.45, 7) is 5.27. The Morgan fingerprint density at radius 3 is 2.63 bits per heavy atom. The van der Waals surface area contributed by atoms with Crippen molar-refractivity contribution in [2.24, 2.45) is 5.92 Å². The summed E-state index contributed by atoms with van der Waals surface area (Å²) in [5, 5.41) is 3.42. The van der Waals surface area contributed by atoms with Crippen LogP contribution in [0.5, 0.6) is 5.88 Å². The zero-order valence-corrected chi connectivity index (χ0v) is 23.1. The van der Waals surface area contributed by atoms with E-state index < -0.39 is 17.0 Å². The van der Waals surface area contributed by atoms with Gasteiger partial charge in [0.05, 0.1) is 29.9 Å². The van der Waals surface area contributed by atoms with Gasteiger partial charge in [0.2, 0.25) is 11.8 Å². The van der Waals surface area contributed by atoms with Crippen LogP contribution in [0.2, 0.25) is 0 Å². The smallest absolute Gasteiger partial charge is 0.338 e. The molecule has 0 spiro atoms. The molecule has 2 aromatic heterocycles. The van der Waals surface area contributed by atoms with Crippen LogP contribution < -0.4 is 14.8 Å². The lowest BCUT2D eigenvalue weighted by molar-refractivity contribution is -0.117. The lowest BCUT2D eigenvalue weighted by Gasteiger charge is -2.20. The topological polar surface area (TPSA) is 129 Å². The van der Waals surface area contributed by atoms with Gasteiger partial charge in [-0.3, -0.25) is 4.79 Å². The number of nitrogens with one attached hydrogen (secondary N) is 2. The number of esters is 1. The van der Waals surface area contributed by atoms with Gasteiger partial charge in [0, 0.05) is 37.1 Å². The molecule has 3 heterocycles. The van der Waals surface area contributed by atoms with Crippen molar-refractivity contribution in [2.75, 3.05) is 37.0 Å². The predicted octanol–water partition coefficient (Wildman–Crippen LogP) is 4.59. The molecule has 3 aromatic rings. The van der Waals surface area contributed by atoms with Gasteiger partial charge in [0.1, 0.15) is 4.90 Å². The van der Waals surface area contributed by atoms with Crippen molar-refractivity contribution >= 4 is 45.0 Å². The molecule has 4 rings (SSSR count). The molecule has 1 fully saturated rings. The number of amides is 1. The molecule has 1 unspecified atom stereocenters. The number of aromatic nitrogens is 2. The summed E-state index contributed by atoms with van der Waals surface area (Å²) in [5.74, 6) is 0.0548. The van der Waals surface area contributed by atoms with Crippen molar-refractivity contribution in [3.63, 3.8) is 0 Å². The second-order valence-corrected chi connectivity index (χ2v) is 10.8. The normalized spacial score (nSPS) is 14.5. The van der Waals surface area contributed by atoms with Crippen molar-refractivity contribution < 1.29 is 28.0 Å². The van der Waals surface area contributed by atoms with Gasteiger partial charge >= 0.3 is 5.97 Å². The summed E-state index contributed by atoms with van der Waals surface area (Å²) in [6, 6.07) is 8.23. The van der Waals surface area contributed by atoms with E-state index in [0.29, 0.717) is 52.4 Å². The minimum absolute atomic E-state index is 0.0648. The van der Waals surface area contributed by atoms with Crippen LogP contribution in [0, 0.1) is 12.8 Å². The Bertz CT molecular complexity index is 1310. The highest BCUT2D eigenvalue weighted by molar-refractivity contribution is 7.86. The van der Waals surface area contributed by atoms with Crippen LogP contribution in [0.4, 0.5) is 10.8 Å². The number of aryl methyl sites for hydroxylation is 1. The fourth-order valence-corrected chi connectivity index (χ4v) is 5.95. The Hall–Kier alpha value is -3.35. The van der Waals surface area contributed by atoms with Gasteiger partial charge in [0.15, 0.2) is 16.1 Å². The summed E-state index contributed by atoms with van der Waals surface area (Å²) in [7, 11) is -0.254. The van der Waals surface area contributed by atoms with Gasteiger partial charge in [-0.15, -0.1) is 0 Å². The van der Waals surface area contributed by atoms with E-state index in [4.69, 9.17) is 14.2 Å². The minimum Gasteiger partial charge on any atom is -0.480 e. The first-order valence-corrected chi connectivity index (χ1v) is 14.2. The molecule has 1 aromatic carbocycles. The third kappa shape index (κ3) is 6.94. The van der Waals surface area contributed by atoms with E-state index in [-0.39, 0.29) is 18.4 Å². The summed E-state index contributed by atoms with van der Waals surface area (Å²) in [6.07, 6.45) is 3.84. The molecule has 2 N–H and O–H groups in total. The third-order valence-electron chi connectivity index (χ3n) is 5.94. The molecule has 0 bridgehead atoms. The largest absolute Gasteiger partial charge is 0.480 e. The van der Waals surface area contributed by atoms with Crippen LogP contribution in [0.1, 0.15) is 42.2 Å². The number of carbonyl (C=O) groups excluding carboxylic acids is 2. The van der Waals surface area contributed by atoms with Crippen LogP contribution >= 0.6 is 11.3 Å². The molecule has 1 amide bonds. The molecule has 38 heavy (non-hydrogen) atoms. The van der Waals surface area contributed by atoms with Gasteiger partial charge in [-0.1, -0.05) is 11.3 Å². The predicted molar refractivity (Wildman–Crippen MR) is 146 cm³/mol. The number of carbonyl (C=O) groups is 2. The molecule has 0 radical (unpaired) electrons. The first-order chi connectivity index (χ1) is 18.4. The van der Waals surface area contributed by atoms with Crippen molar-refractivity contribution in [3.05, 3.63) is 47.8 Å². The third-order valence-corrected chi connectivity index (χ3v) is 8.17. The molecule has 0 saturated carbocycles. The number of anilines is 2. The second-order valence-electron chi connectivity index (χ2n) is 8.64. The fraction of sp³-hybridized carbons (Fsp3) is 0.385. The van der Waals surface area contributed by atoms with Gasteiger partial charge in [-0.05, 0) is 62.9 Å². The quantitative estimate of drug-likeness (QED) is 0.346. The zero-order valence-electron chi connectivity index (χ0n) is 21.4. The number of hydrogen-bond acceptors (Lipinski definition) is 9. The standard InChI is InChI=1S/C26H30N4O6S2/c1-4-36-25(32)18-5-7-20(8-6-18)30-38(33)21-14-19(15-27-24(21)34-3)23-16(2)28-26(37-23)29-22(31)13-17-9-11-35-12-10-17/h5-8,14-15,17,30H,4,9-13H2,1-3H3,(H,28,29,31). The number of pyridine rings is 1. The molecule has 202 valence electrons. The molecular formula is C26H30N4O6S2. The lowest BCUT2D eigenvalue weighted by Crippen LogP contribution is -2.22. The van der Waals surface area contributed by atoms with Crippen LogP contribution in [-0.4, -0.2) is 53.0 Å². The van der Waals surface area contributed by atoms with Crippen molar-refractivity contribution in [1.82, 2.24) is 9.97 Å². The first-order valence-electron chi connectivity index (χ1n) is 12.2. The van der Waals surface area contributed by atoms with Crippen LogP contribution in [0.15, 0.2) is 41.4 Å². The summed E-state index contributed by atoms with van der Waals surface area (Å²) >= 11 is 1.34. The van der Waals surface area contributed by atoms with Gasteiger partial charge in [0.25, 0.3) is 0 Å². The molecule has 1 atom stereocenters. The van der Waals surface area contributed by atoms with E-state index in [9.17, 15) is 13.8 Å². The number of methoxy groups -OCH3 is 1. The van der Waals surface area contributed by atoms with E-state index >= 15 is 0 Å². The summed E-state index contributed by atoms with van der Waals surface area (Å²) < 4.78 is 31.9. The maximum absolute atomic E-state index is 13.2. The Labute approximate surface area is 227 Å². The molecule has 10 nitrogen and oxygen atoms in total. The monoisotopic (exact) mass is 558 g/mol. The van der Waals surface area contributed by atoms with Gasteiger partial charge < -0.3 is 24.2 Å². The number of hydrogen-bond donors (Lipinski definition) is 2. The SMILES string of the molecule is CCOC(=O)c1ccc(NS(=O)c2cc(-c3sc(NC(=O)CC4CCOCC4)nc3C)cnc2OC)cc1. The van der Waals surface area contributed by atoms with Crippen molar-refractivity contribution in [2.45, 2.75) is 38.0 Å². The molecule has 0 aliphatic carbocycles. The molecular weight excluding hydrogens is 528 g/mol. The van der Waals surface area contributed by atoms with E-state index in [1.54, 1.807) is 43.5 Å². The van der Waals surface area contributed by atoms with E-state index in [0.717, 1.165) is 23.4 Å². The average molecular weight is 559 g/mol. The molecule has 1 saturated heterocycles. The highest BCUT2D eigenvalue weighted by atomic mass is 32.2. The van der Waals surface area contributed by atoms with Gasteiger partial charge in [-0.2, -0.15) is 0 Å². The Kier molecular flexibility index (Phi) is 9.43. The minimum atomic E-state index is -1.71. The van der Waals surface area contributed by atoms with Crippen molar-refractivity contribution in [3.8, 4) is 16.3 Å². The average Bonchev–Trinajstić information content (AvgIpc) is 3.28. The van der Waals surface area contributed by atoms with Crippen LogP contribution in [0.25, 0.3) is 10.4 Å². The summed E-state index contributed by atoms with van der Waals surface area (Å²) in [4.78, 5) is 34.4. The highest BCUT2D eigenvalue weighted by Gasteiger charge is 2.21.